The van der Waals surface area contributed by atoms with E-state index in [9.17, 15) is 9.59 Å². The predicted octanol–water partition coefficient (Wildman–Crippen LogP) is 6.58. The topological polar surface area (TPSA) is 69.0 Å². The van der Waals surface area contributed by atoms with Gasteiger partial charge in [-0.2, -0.15) is 0 Å². The average Bonchev–Trinajstić information content (AvgIpc) is 3.10. The molecule has 3 aromatic rings. The van der Waals surface area contributed by atoms with Gasteiger partial charge in [0.1, 0.15) is 5.58 Å². The number of carbonyl (C=O) groups excluding carboxylic acids is 1. The molecule has 0 aliphatic carbocycles. The van der Waals surface area contributed by atoms with Crippen LogP contribution in [0.2, 0.25) is 0 Å². The largest absolute Gasteiger partial charge is 0.493 e. The van der Waals surface area contributed by atoms with Gasteiger partial charge in [0.05, 0.1) is 30.7 Å². The van der Waals surface area contributed by atoms with Crippen LogP contribution in [0.5, 0.6) is 11.5 Å². The molecular formula is C30H37NO5. The van der Waals surface area contributed by atoms with Gasteiger partial charge in [0.15, 0.2) is 16.9 Å². The number of hydrogen-bond donors (Lipinski definition) is 0. The van der Waals surface area contributed by atoms with Gasteiger partial charge >= 0.3 is 0 Å². The van der Waals surface area contributed by atoms with Crippen molar-refractivity contribution in [3.8, 4) is 11.5 Å². The van der Waals surface area contributed by atoms with Gasteiger partial charge in [-0.3, -0.25) is 9.59 Å². The maximum Gasteiger partial charge on any atom is 0.290 e. The molecular weight excluding hydrogens is 454 g/mol. The maximum absolute atomic E-state index is 13.9. The summed E-state index contributed by atoms with van der Waals surface area (Å²) >= 11 is 0. The normalized spacial score (nSPS) is 15.1. The Kier molecular flexibility index (Phi) is 7.72. The lowest BCUT2D eigenvalue weighted by Crippen LogP contribution is -2.30. The minimum absolute atomic E-state index is 0.142. The summed E-state index contributed by atoms with van der Waals surface area (Å²) < 4.78 is 17.8. The molecule has 0 saturated carbocycles. The summed E-state index contributed by atoms with van der Waals surface area (Å²) in [7, 11) is 1.61. The fourth-order valence-corrected chi connectivity index (χ4v) is 5.00. The molecule has 1 amide bonds. The Morgan fingerprint density at radius 3 is 2.53 bits per heavy atom. The Labute approximate surface area is 213 Å². The second-order valence-corrected chi connectivity index (χ2v) is 10.2. The van der Waals surface area contributed by atoms with E-state index in [-0.39, 0.29) is 17.1 Å². The van der Waals surface area contributed by atoms with Crippen LogP contribution in [0, 0.1) is 19.8 Å². The van der Waals surface area contributed by atoms with Crippen molar-refractivity contribution in [1.29, 1.82) is 0 Å². The van der Waals surface area contributed by atoms with Crippen molar-refractivity contribution in [2.24, 2.45) is 5.92 Å². The lowest BCUT2D eigenvalue weighted by atomic mass is 9.96. The number of unbranched alkanes of at least 4 members (excludes halogenated alkanes) is 2. The molecule has 0 fully saturated rings. The molecule has 1 aromatic heterocycles. The Bertz CT molecular complexity index is 1320. The molecule has 1 aliphatic heterocycles. The van der Waals surface area contributed by atoms with Crippen molar-refractivity contribution in [2.45, 2.75) is 66.3 Å². The van der Waals surface area contributed by atoms with E-state index in [0.29, 0.717) is 47.1 Å². The summed E-state index contributed by atoms with van der Waals surface area (Å²) in [5.41, 5.74) is 3.38. The van der Waals surface area contributed by atoms with E-state index in [4.69, 9.17) is 13.9 Å². The van der Waals surface area contributed by atoms with Crippen LogP contribution >= 0.6 is 0 Å². The van der Waals surface area contributed by atoms with Gasteiger partial charge in [-0.05, 0) is 67.5 Å². The number of nitrogens with zero attached hydrogens (tertiary/aromatic N) is 1. The molecule has 1 aliphatic rings. The SMILES string of the molecule is CCCCCN1C(=O)c2oc3cc(C)cc(C)c3c(=O)c2C1c1ccc(OCCC(C)C)c(OC)c1. The third-order valence-electron chi connectivity index (χ3n) is 6.87. The molecule has 192 valence electrons. The molecule has 1 unspecified atom stereocenters. The van der Waals surface area contributed by atoms with E-state index < -0.39 is 6.04 Å². The summed E-state index contributed by atoms with van der Waals surface area (Å²) in [5, 5.41) is 0.535. The molecule has 2 aromatic carbocycles. The van der Waals surface area contributed by atoms with E-state index in [0.717, 1.165) is 42.4 Å². The van der Waals surface area contributed by atoms with Gasteiger partial charge in [-0.1, -0.05) is 45.7 Å². The first-order valence-electron chi connectivity index (χ1n) is 13.0. The van der Waals surface area contributed by atoms with Crippen molar-refractivity contribution >= 4 is 16.9 Å². The molecule has 0 radical (unpaired) electrons. The van der Waals surface area contributed by atoms with Crippen molar-refractivity contribution in [2.75, 3.05) is 20.3 Å². The third-order valence-corrected chi connectivity index (χ3v) is 6.87. The van der Waals surface area contributed by atoms with Crippen LogP contribution in [0.3, 0.4) is 0 Å². The average molecular weight is 492 g/mol. The molecule has 6 nitrogen and oxygen atoms in total. The second-order valence-electron chi connectivity index (χ2n) is 10.2. The lowest BCUT2D eigenvalue weighted by Gasteiger charge is -2.26. The Morgan fingerprint density at radius 1 is 1.06 bits per heavy atom. The van der Waals surface area contributed by atoms with Crippen LogP contribution in [-0.2, 0) is 0 Å². The van der Waals surface area contributed by atoms with Gasteiger partial charge in [-0.15, -0.1) is 0 Å². The van der Waals surface area contributed by atoms with E-state index in [2.05, 4.69) is 20.8 Å². The van der Waals surface area contributed by atoms with E-state index >= 15 is 0 Å². The number of amides is 1. The summed E-state index contributed by atoms with van der Waals surface area (Å²) in [4.78, 5) is 29.3. The van der Waals surface area contributed by atoms with E-state index in [1.165, 1.54) is 0 Å². The fourth-order valence-electron chi connectivity index (χ4n) is 5.00. The van der Waals surface area contributed by atoms with Crippen molar-refractivity contribution in [1.82, 2.24) is 4.90 Å². The van der Waals surface area contributed by atoms with Gasteiger partial charge in [-0.25, -0.2) is 0 Å². The first kappa shape index (κ1) is 25.8. The summed E-state index contributed by atoms with van der Waals surface area (Å²) in [6.45, 7) is 11.4. The first-order chi connectivity index (χ1) is 17.3. The van der Waals surface area contributed by atoms with Crippen LogP contribution in [0.15, 0.2) is 39.5 Å². The summed E-state index contributed by atoms with van der Waals surface area (Å²) in [6.07, 6.45) is 3.83. The highest BCUT2D eigenvalue weighted by Crippen LogP contribution is 2.41. The monoisotopic (exact) mass is 491 g/mol. The second kappa shape index (κ2) is 10.8. The molecule has 6 heteroatoms. The molecule has 36 heavy (non-hydrogen) atoms. The smallest absolute Gasteiger partial charge is 0.290 e. The predicted molar refractivity (Wildman–Crippen MR) is 142 cm³/mol. The highest BCUT2D eigenvalue weighted by atomic mass is 16.5. The van der Waals surface area contributed by atoms with E-state index in [1.54, 1.807) is 12.0 Å². The molecule has 0 N–H and O–H groups in total. The van der Waals surface area contributed by atoms with Gasteiger partial charge in [0.25, 0.3) is 5.91 Å². The fraction of sp³-hybridized carbons (Fsp3) is 0.467. The van der Waals surface area contributed by atoms with Gasteiger partial charge in [0, 0.05) is 6.54 Å². The van der Waals surface area contributed by atoms with E-state index in [1.807, 2.05) is 44.2 Å². The number of rotatable bonds is 10. The lowest BCUT2D eigenvalue weighted by molar-refractivity contribution is 0.0724. The molecule has 0 bridgehead atoms. The molecule has 0 saturated heterocycles. The first-order valence-corrected chi connectivity index (χ1v) is 13.0. The number of ether oxygens (including phenoxy) is 2. The Balaban J connectivity index is 1.84. The standard InChI is InChI=1S/C30H37NO5/c1-7-8-9-13-31-27(21-10-11-22(23(17-21)34-6)35-14-12-18(2)3)26-28(32)25-20(5)15-19(4)16-24(25)36-29(26)30(31)33/h10-11,15-18,27H,7-9,12-14H2,1-6H3. The van der Waals surface area contributed by atoms with Crippen molar-refractivity contribution < 1.29 is 18.7 Å². The quantitative estimate of drug-likeness (QED) is 0.300. The maximum atomic E-state index is 13.9. The number of benzene rings is 2. The molecule has 4 rings (SSSR count). The zero-order valence-electron chi connectivity index (χ0n) is 22.3. The highest BCUT2D eigenvalue weighted by molar-refractivity contribution is 5.99. The van der Waals surface area contributed by atoms with Crippen molar-refractivity contribution in [3.05, 3.63) is 68.6 Å². The number of fused-ring (bicyclic) bond motifs is 2. The van der Waals surface area contributed by atoms with Gasteiger partial charge < -0.3 is 18.8 Å². The van der Waals surface area contributed by atoms with Crippen molar-refractivity contribution in [3.63, 3.8) is 0 Å². The summed E-state index contributed by atoms with van der Waals surface area (Å²) in [6, 6.07) is 8.96. The zero-order chi connectivity index (χ0) is 26.0. The van der Waals surface area contributed by atoms with Crippen LogP contribution in [0.4, 0.5) is 0 Å². The molecule has 2 heterocycles. The minimum Gasteiger partial charge on any atom is -0.493 e. The number of methoxy groups -OCH3 is 1. The number of carbonyl (C=O) groups is 1. The van der Waals surface area contributed by atoms with Crippen LogP contribution in [0.25, 0.3) is 11.0 Å². The Morgan fingerprint density at radius 2 is 1.83 bits per heavy atom. The highest BCUT2D eigenvalue weighted by Gasteiger charge is 2.42. The van der Waals surface area contributed by atoms with Crippen LogP contribution in [-0.4, -0.2) is 31.1 Å². The summed E-state index contributed by atoms with van der Waals surface area (Å²) in [5.74, 6) is 1.69. The minimum atomic E-state index is -0.538. The van der Waals surface area contributed by atoms with Crippen LogP contribution < -0.4 is 14.9 Å². The molecule has 0 spiro atoms. The third kappa shape index (κ3) is 4.86. The number of hydrogen-bond acceptors (Lipinski definition) is 5. The number of aryl methyl sites for hydroxylation is 2. The van der Waals surface area contributed by atoms with Gasteiger partial charge in [0.2, 0.25) is 5.76 Å². The Hall–Kier alpha value is -3.28. The van der Waals surface area contributed by atoms with Crippen LogP contribution in [0.1, 0.15) is 85.3 Å². The zero-order valence-corrected chi connectivity index (χ0v) is 22.3. The molecule has 1 atom stereocenters.